The highest BCUT2D eigenvalue weighted by molar-refractivity contribution is 6.12. The van der Waals surface area contributed by atoms with Crippen LogP contribution in [0, 0.1) is 23.1 Å². The number of halogens is 1. The fourth-order valence-electron chi connectivity index (χ4n) is 5.88. The van der Waals surface area contributed by atoms with Crippen LogP contribution in [0.25, 0.3) is 0 Å². The van der Waals surface area contributed by atoms with Crippen molar-refractivity contribution in [2.24, 2.45) is 5.92 Å². The van der Waals surface area contributed by atoms with Crippen LogP contribution >= 0.6 is 0 Å². The van der Waals surface area contributed by atoms with Gasteiger partial charge < -0.3 is 10.0 Å². The first-order valence-electron chi connectivity index (χ1n) is 11.2. The van der Waals surface area contributed by atoms with Crippen LogP contribution in [-0.4, -0.2) is 17.0 Å². The number of aromatic carboxylic acids is 1. The molecule has 5 rings (SSSR count). The lowest BCUT2D eigenvalue weighted by atomic mass is 9.75. The van der Waals surface area contributed by atoms with E-state index in [1.807, 2.05) is 12.1 Å². The molecular formula is C28H23FN2O3. The predicted octanol–water partition coefficient (Wildman–Crippen LogP) is 5.18. The summed E-state index contributed by atoms with van der Waals surface area (Å²) in [7, 11) is 0. The first kappa shape index (κ1) is 21.8. The predicted molar refractivity (Wildman–Crippen MR) is 125 cm³/mol. The third kappa shape index (κ3) is 2.90. The van der Waals surface area contributed by atoms with Crippen molar-refractivity contribution < 1.29 is 19.1 Å². The molecule has 0 bridgehead atoms. The minimum Gasteiger partial charge on any atom is -0.478 e. The Morgan fingerprint density at radius 2 is 1.88 bits per heavy atom. The summed E-state index contributed by atoms with van der Waals surface area (Å²) in [6, 6.07) is 20.4. The Morgan fingerprint density at radius 1 is 1.15 bits per heavy atom. The van der Waals surface area contributed by atoms with Crippen molar-refractivity contribution in [2.75, 3.05) is 4.90 Å². The number of carbonyl (C=O) groups is 2. The maximum atomic E-state index is 14.5. The summed E-state index contributed by atoms with van der Waals surface area (Å²) in [5.74, 6) is -1.46. The molecule has 0 aromatic heterocycles. The number of anilines is 1. The van der Waals surface area contributed by atoms with Gasteiger partial charge in [-0.05, 0) is 71.5 Å². The number of fused-ring (bicyclic) bond motifs is 2. The number of nitrogens with zero attached hydrogens (tertiary/aromatic N) is 2. The van der Waals surface area contributed by atoms with Crippen LogP contribution in [0.3, 0.4) is 0 Å². The average Bonchev–Trinajstić information content (AvgIpc) is 3.50. The van der Waals surface area contributed by atoms with Gasteiger partial charge in [0.1, 0.15) is 5.82 Å². The van der Waals surface area contributed by atoms with Gasteiger partial charge in [-0.25, -0.2) is 9.18 Å². The third-order valence-corrected chi connectivity index (χ3v) is 7.53. The van der Waals surface area contributed by atoms with Crippen LogP contribution in [0.2, 0.25) is 0 Å². The molecule has 1 fully saturated rings. The molecule has 1 amide bonds. The second-order valence-corrected chi connectivity index (χ2v) is 9.46. The Balaban J connectivity index is 1.62. The Kier molecular flexibility index (Phi) is 4.84. The zero-order valence-electron chi connectivity index (χ0n) is 18.9. The van der Waals surface area contributed by atoms with Gasteiger partial charge in [0.2, 0.25) is 5.91 Å². The molecule has 170 valence electrons. The van der Waals surface area contributed by atoms with Gasteiger partial charge in [-0.2, -0.15) is 5.26 Å². The van der Waals surface area contributed by atoms with Crippen molar-refractivity contribution in [3.05, 3.63) is 100 Å². The summed E-state index contributed by atoms with van der Waals surface area (Å²) in [6.45, 7) is 4.33. The fraction of sp³-hybridized carbons (Fsp3) is 0.250. The monoisotopic (exact) mass is 454 g/mol. The number of rotatable bonds is 5. The lowest BCUT2D eigenvalue weighted by Gasteiger charge is -2.27. The van der Waals surface area contributed by atoms with Gasteiger partial charge in [0.15, 0.2) is 0 Å². The van der Waals surface area contributed by atoms with Crippen LogP contribution in [0.4, 0.5) is 10.1 Å². The van der Waals surface area contributed by atoms with Crippen molar-refractivity contribution in [2.45, 2.75) is 37.6 Å². The van der Waals surface area contributed by atoms with Crippen molar-refractivity contribution in [1.29, 1.82) is 5.26 Å². The molecule has 2 aliphatic rings. The van der Waals surface area contributed by atoms with Gasteiger partial charge in [0.25, 0.3) is 0 Å². The van der Waals surface area contributed by atoms with Crippen LogP contribution in [0.15, 0.2) is 66.7 Å². The molecule has 34 heavy (non-hydrogen) atoms. The van der Waals surface area contributed by atoms with E-state index in [2.05, 4.69) is 19.9 Å². The topological polar surface area (TPSA) is 81.4 Å². The van der Waals surface area contributed by atoms with Crippen molar-refractivity contribution in [3.8, 4) is 6.07 Å². The highest BCUT2D eigenvalue weighted by Crippen LogP contribution is 2.73. The normalized spacial score (nSPS) is 22.7. The van der Waals surface area contributed by atoms with Crippen molar-refractivity contribution in [3.63, 3.8) is 0 Å². The number of nitriles is 1. The Hall–Kier alpha value is -3.98. The molecule has 6 heteroatoms. The Morgan fingerprint density at radius 3 is 2.53 bits per heavy atom. The van der Waals surface area contributed by atoms with E-state index in [-0.39, 0.29) is 23.9 Å². The quantitative estimate of drug-likeness (QED) is 0.576. The Labute approximate surface area is 197 Å². The summed E-state index contributed by atoms with van der Waals surface area (Å²) in [5.41, 5.74) is 2.23. The number of carboxylic acid groups (broad SMARTS) is 1. The van der Waals surface area contributed by atoms with Crippen LogP contribution in [-0.2, 0) is 22.2 Å². The summed E-state index contributed by atoms with van der Waals surface area (Å²) in [5, 5.41) is 18.6. The number of carboxylic acids is 1. The highest BCUT2D eigenvalue weighted by atomic mass is 19.1. The first-order valence-corrected chi connectivity index (χ1v) is 11.2. The van der Waals surface area contributed by atoms with E-state index in [4.69, 9.17) is 0 Å². The summed E-state index contributed by atoms with van der Waals surface area (Å²) < 4.78 is 14.5. The van der Waals surface area contributed by atoms with Crippen LogP contribution in [0.1, 0.15) is 52.9 Å². The van der Waals surface area contributed by atoms with Gasteiger partial charge in [-0.3, -0.25) is 4.79 Å². The van der Waals surface area contributed by atoms with Crippen molar-refractivity contribution in [1.82, 2.24) is 0 Å². The number of hydrogen-bond donors (Lipinski definition) is 1. The van der Waals surface area contributed by atoms with Gasteiger partial charge in [0, 0.05) is 11.1 Å². The smallest absolute Gasteiger partial charge is 0.335 e. The molecule has 5 nitrogen and oxygen atoms in total. The molecule has 1 aliphatic heterocycles. The van der Waals surface area contributed by atoms with E-state index in [0.29, 0.717) is 28.8 Å². The molecule has 1 aliphatic carbocycles. The molecular weight excluding hydrogens is 431 g/mol. The van der Waals surface area contributed by atoms with Crippen LogP contribution < -0.4 is 4.90 Å². The van der Waals surface area contributed by atoms with Gasteiger partial charge >= 0.3 is 5.97 Å². The summed E-state index contributed by atoms with van der Waals surface area (Å²) in [4.78, 5) is 27.2. The number of carbonyl (C=O) groups excluding carboxylic acids is 1. The largest absolute Gasteiger partial charge is 0.478 e. The molecule has 1 N–H and O–H groups in total. The third-order valence-electron chi connectivity index (χ3n) is 7.53. The number of amides is 1. The van der Waals surface area contributed by atoms with Crippen LogP contribution in [0.5, 0.6) is 0 Å². The fourth-order valence-corrected chi connectivity index (χ4v) is 5.88. The molecule has 1 saturated carbocycles. The van der Waals surface area contributed by atoms with E-state index in [0.717, 1.165) is 5.56 Å². The van der Waals surface area contributed by atoms with E-state index in [9.17, 15) is 24.3 Å². The maximum absolute atomic E-state index is 14.5. The molecule has 2 unspecified atom stereocenters. The lowest BCUT2D eigenvalue weighted by molar-refractivity contribution is -0.121. The summed E-state index contributed by atoms with van der Waals surface area (Å²) >= 11 is 0. The molecule has 0 saturated heterocycles. The van der Waals surface area contributed by atoms with Crippen molar-refractivity contribution >= 4 is 17.6 Å². The minimum absolute atomic E-state index is 0.0794. The molecule has 2 atom stereocenters. The molecule has 0 radical (unpaired) electrons. The van der Waals surface area contributed by atoms with Gasteiger partial charge in [-0.1, -0.05) is 38.1 Å². The van der Waals surface area contributed by atoms with E-state index < -0.39 is 22.6 Å². The summed E-state index contributed by atoms with van der Waals surface area (Å²) in [6.07, 6.45) is 0.546. The SMILES string of the molecule is CC(C)C1(c2ccc(C#N)cc2)CC12C(=O)N(Cc1cccc(C(=O)O)c1)c1ccc(F)cc12. The zero-order valence-corrected chi connectivity index (χ0v) is 18.9. The first-order chi connectivity index (χ1) is 16.2. The van der Waals surface area contributed by atoms with E-state index in [1.165, 1.54) is 18.2 Å². The second-order valence-electron chi connectivity index (χ2n) is 9.46. The highest BCUT2D eigenvalue weighted by Gasteiger charge is 2.77. The molecule has 3 aromatic rings. The minimum atomic E-state index is -1.03. The molecule has 1 spiro atoms. The van der Waals surface area contributed by atoms with Gasteiger partial charge in [-0.15, -0.1) is 0 Å². The molecule has 3 aromatic carbocycles. The second kappa shape index (κ2) is 7.53. The maximum Gasteiger partial charge on any atom is 0.335 e. The van der Waals surface area contributed by atoms with E-state index in [1.54, 1.807) is 41.3 Å². The number of hydrogen-bond acceptors (Lipinski definition) is 3. The van der Waals surface area contributed by atoms with E-state index >= 15 is 0 Å². The standard InChI is InChI=1S/C28H23FN2O3/c1-17(2)27(21-8-6-18(14-30)7-9-21)16-28(27)23-13-22(29)10-11-24(23)31(26(28)34)15-19-4-3-5-20(12-19)25(32)33/h3-13,17H,15-16H2,1-2H3,(H,32,33). The molecule has 1 heterocycles. The van der Waals surface area contributed by atoms with Gasteiger partial charge in [0.05, 0.1) is 29.2 Å². The zero-order chi connectivity index (χ0) is 24.3. The number of benzene rings is 3. The average molecular weight is 455 g/mol. The Bertz CT molecular complexity index is 1380. The lowest BCUT2D eigenvalue weighted by Crippen LogP contribution is -2.38.